The van der Waals surface area contributed by atoms with E-state index in [0.29, 0.717) is 11.3 Å². The van der Waals surface area contributed by atoms with Crippen LogP contribution >= 0.6 is 0 Å². The molecule has 0 aliphatic carbocycles. The summed E-state index contributed by atoms with van der Waals surface area (Å²) in [5.41, 5.74) is 1.13. The number of amides is 1. The lowest BCUT2D eigenvalue weighted by molar-refractivity contribution is -0.383. The van der Waals surface area contributed by atoms with Gasteiger partial charge in [-0.1, -0.05) is 0 Å². The molecule has 0 saturated carbocycles. The third-order valence-corrected chi connectivity index (χ3v) is 2.83. The van der Waals surface area contributed by atoms with E-state index in [0.717, 1.165) is 0 Å². The van der Waals surface area contributed by atoms with Crippen molar-refractivity contribution in [3.63, 3.8) is 0 Å². The molecule has 1 N–H and O–H groups in total. The molecule has 1 aromatic carbocycles. The van der Waals surface area contributed by atoms with Gasteiger partial charge in [-0.3, -0.25) is 19.6 Å². The highest BCUT2D eigenvalue weighted by atomic mass is 16.6. The van der Waals surface area contributed by atoms with Crippen LogP contribution in [0.5, 0.6) is 0 Å². The van der Waals surface area contributed by atoms with Crippen molar-refractivity contribution < 1.29 is 9.72 Å². The fourth-order valence-corrected chi connectivity index (χ4v) is 1.83. The lowest BCUT2D eigenvalue weighted by Crippen LogP contribution is -2.21. The van der Waals surface area contributed by atoms with E-state index in [1.165, 1.54) is 23.1 Å². The van der Waals surface area contributed by atoms with Crippen LogP contribution in [-0.4, -0.2) is 39.6 Å². The van der Waals surface area contributed by atoms with Gasteiger partial charge in [0.15, 0.2) is 0 Å². The summed E-state index contributed by atoms with van der Waals surface area (Å²) in [5, 5.41) is 18.0. The van der Waals surface area contributed by atoms with Crippen LogP contribution in [0.2, 0.25) is 0 Å². The largest absolute Gasteiger partial charge is 0.347 e. The van der Waals surface area contributed by atoms with Gasteiger partial charge >= 0.3 is 0 Å². The molecule has 8 heteroatoms. The van der Waals surface area contributed by atoms with Crippen LogP contribution in [0.4, 0.5) is 17.1 Å². The molecule has 0 radical (unpaired) electrons. The smallest absolute Gasteiger partial charge is 0.292 e. The van der Waals surface area contributed by atoms with Crippen LogP contribution < -0.4 is 5.32 Å². The van der Waals surface area contributed by atoms with E-state index >= 15 is 0 Å². The first-order valence-electron chi connectivity index (χ1n) is 6.14. The van der Waals surface area contributed by atoms with E-state index in [4.69, 9.17) is 0 Å². The maximum atomic E-state index is 11.9. The zero-order chi connectivity index (χ0) is 15.6. The van der Waals surface area contributed by atoms with Crippen LogP contribution in [0.15, 0.2) is 30.6 Å². The molecule has 110 valence electrons. The summed E-state index contributed by atoms with van der Waals surface area (Å²) in [6, 6.07) is 4.22. The molecule has 0 aliphatic heterocycles. The van der Waals surface area contributed by atoms with E-state index < -0.39 is 4.92 Å². The lowest BCUT2D eigenvalue weighted by atomic mass is 10.1. The van der Waals surface area contributed by atoms with Crippen LogP contribution in [0, 0.1) is 10.1 Å². The average molecular weight is 289 g/mol. The maximum Gasteiger partial charge on any atom is 0.292 e. The third kappa shape index (κ3) is 3.16. The number of nitrogens with zero attached hydrogens (tertiary/aromatic N) is 4. The molecule has 0 bridgehead atoms. The van der Waals surface area contributed by atoms with Gasteiger partial charge in [-0.2, -0.15) is 5.10 Å². The van der Waals surface area contributed by atoms with Crippen molar-refractivity contribution in [1.29, 1.82) is 0 Å². The lowest BCUT2D eigenvalue weighted by Gasteiger charge is -2.12. The fourth-order valence-electron chi connectivity index (χ4n) is 1.83. The Labute approximate surface area is 121 Å². The van der Waals surface area contributed by atoms with Gasteiger partial charge in [-0.05, 0) is 12.1 Å². The van der Waals surface area contributed by atoms with Gasteiger partial charge in [-0.25, -0.2) is 0 Å². The number of hydrogen-bond acceptors (Lipinski definition) is 5. The Balaban J connectivity index is 2.42. The highest BCUT2D eigenvalue weighted by Gasteiger charge is 2.18. The number of nitro groups is 1. The fraction of sp³-hybridized carbons (Fsp3) is 0.231. The van der Waals surface area contributed by atoms with Gasteiger partial charge < -0.3 is 10.2 Å². The minimum absolute atomic E-state index is 0.103. The molecule has 0 saturated heterocycles. The Kier molecular flexibility index (Phi) is 3.88. The summed E-state index contributed by atoms with van der Waals surface area (Å²) in [7, 11) is 4.99. The predicted octanol–water partition coefficient (Wildman–Crippen LogP) is 1.77. The SMILES string of the molecule is CN(C)C(=O)c1ccc([N+](=O)[O-])c(Nc2cnn(C)c2)c1. The summed E-state index contributed by atoms with van der Waals surface area (Å²) < 4.78 is 1.57. The van der Waals surface area contributed by atoms with Gasteiger partial charge in [0.25, 0.3) is 11.6 Å². The molecule has 0 unspecified atom stereocenters. The van der Waals surface area contributed by atoms with E-state index in [-0.39, 0.29) is 17.3 Å². The number of rotatable bonds is 4. The van der Waals surface area contributed by atoms with Crippen LogP contribution in [0.1, 0.15) is 10.4 Å². The molecule has 0 fully saturated rings. The van der Waals surface area contributed by atoms with Gasteiger partial charge in [0.05, 0.1) is 16.8 Å². The zero-order valence-corrected chi connectivity index (χ0v) is 11.9. The molecule has 0 atom stereocenters. The number of benzene rings is 1. The second kappa shape index (κ2) is 5.61. The first-order chi connectivity index (χ1) is 9.88. The first kappa shape index (κ1) is 14.5. The second-order valence-corrected chi connectivity index (χ2v) is 4.72. The number of carbonyl (C=O) groups is 1. The Bertz CT molecular complexity index is 693. The normalized spacial score (nSPS) is 10.2. The molecule has 21 heavy (non-hydrogen) atoms. The quantitative estimate of drug-likeness (QED) is 0.684. The van der Waals surface area contributed by atoms with Gasteiger partial charge in [0, 0.05) is 39.0 Å². The monoisotopic (exact) mass is 289 g/mol. The molecule has 0 aliphatic rings. The van der Waals surface area contributed by atoms with Crippen LogP contribution in [0.25, 0.3) is 0 Å². The van der Waals surface area contributed by atoms with Crippen molar-refractivity contribution in [3.8, 4) is 0 Å². The summed E-state index contributed by atoms with van der Waals surface area (Å²) in [5.74, 6) is -0.223. The summed E-state index contributed by atoms with van der Waals surface area (Å²) >= 11 is 0. The number of nitro benzene ring substituents is 1. The van der Waals surface area contributed by atoms with Crippen molar-refractivity contribution in [2.45, 2.75) is 0 Å². The Morgan fingerprint density at radius 3 is 2.67 bits per heavy atom. The number of hydrogen-bond donors (Lipinski definition) is 1. The van der Waals surface area contributed by atoms with Gasteiger partial charge in [0.1, 0.15) is 5.69 Å². The first-order valence-corrected chi connectivity index (χ1v) is 6.14. The topological polar surface area (TPSA) is 93.3 Å². The minimum atomic E-state index is -0.497. The minimum Gasteiger partial charge on any atom is -0.347 e. The molecule has 2 aromatic rings. The third-order valence-electron chi connectivity index (χ3n) is 2.83. The van der Waals surface area contributed by atoms with Crippen molar-refractivity contribution in [2.24, 2.45) is 7.05 Å². The van der Waals surface area contributed by atoms with Crippen molar-refractivity contribution >= 4 is 23.0 Å². The molecule has 1 amide bonds. The zero-order valence-electron chi connectivity index (χ0n) is 11.9. The summed E-state index contributed by atoms with van der Waals surface area (Å²) in [4.78, 5) is 23.9. The van der Waals surface area contributed by atoms with E-state index in [2.05, 4.69) is 10.4 Å². The van der Waals surface area contributed by atoms with Crippen molar-refractivity contribution in [1.82, 2.24) is 14.7 Å². The highest BCUT2D eigenvalue weighted by molar-refractivity contribution is 5.95. The number of carbonyl (C=O) groups excluding carboxylic acids is 1. The second-order valence-electron chi connectivity index (χ2n) is 4.72. The average Bonchev–Trinajstić information content (AvgIpc) is 2.82. The Morgan fingerprint density at radius 1 is 1.43 bits per heavy atom. The van der Waals surface area contributed by atoms with Crippen molar-refractivity contribution in [3.05, 3.63) is 46.3 Å². The van der Waals surface area contributed by atoms with E-state index in [9.17, 15) is 14.9 Å². The molecule has 1 heterocycles. The van der Waals surface area contributed by atoms with Crippen LogP contribution in [0.3, 0.4) is 0 Å². The summed E-state index contributed by atoms with van der Waals surface area (Å²) in [6.45, 7) is 0. The molecule has 1 aromatic heterocycles. The molecule has 8 nitrogen and oxygen atoms in total. The summed E-state index contributed by atoms with van der Waals surface area (Å²) in [6.07, 6.45) is 3.23. The van der Waals surface area contributed by atoms with E-state index in [1.54, 1.807) is 38.2 Å². The molecule has 2 rings (SSSR count). The number of nitrogens with one attached hydrogen (secondary N) is 1. The standard InChI is InChI=1S/C13H15N5O3/c1-16(2)13(19)9-4-5-12(18(20)21)11(6-9)15-10-7-14-17(3)8-10/h4-8,15H,1-3H3. The van der Waals surface area contributed by atoms with Crippen LogP contribution in [-0.2, 0) is 7.05 Å². The number of aryl methyl sites for hydroxylation is 1. The van der Waals surface area contributed by atoms with E-state index in [1.807, 2.05) is 0 Å². The number of anilines is 2. The highest BCUT2D eigenvalue weighted by Crippen LogP contribution is 2.28. The van der Waals surface area contributed by atoms with Gasteiger partial charge in [-0.15, -0.1) is 0 Å². The Morgan fingerprint density at radius 2 is 2.14 bits per heavy atom. The molecular weight excluding hydrogens is 274 g/mol. The predicted molar refractivity (Wildman–Crippen MR) is 77.6 cm³/mol. The molecule has 0 spiro atoms. The number of aromatic nitrogens is 2. The van der Waals surface area contributed by atoms with Crippen molar-refractivity contribution in [2.75, 3.05) is 19.4 Å². The molecular formula is C13H15N5O3. The Hall–Kier alpha value is -2.90. The van der Waals surface area contributed by atoms with Gasteiger partial charge in [0.2, 0.25) is 0 Å². The maximum absolute atomic E-state index is 11.9.